The van der Waals surface area contributed by atoms with Crippen LogP contribution >= 0.6 is 0 Å². The van der Waals surface area contributed by atoms with E-state index in [2.05, 4.69) is 27.5 Å². The number of piperazine rings is 1. The molecule has 1 saturated heterocycles. The Morgan fingerprint density at radius 3 is 2.62 bits per heavy atom. The third-order valence-electron chi connectivity index (χ3n) is 5.45. The number of hydrogen-bond donors (Lipinski definition) is 3. The third kappa shape index (κ3) is 6.08. The molecule has 0 radical (unpaired) electrons. The zero-order chi connectivity index (χ0) is 22.9. The number of methoxy groups -OCH3 is 1. The molecule has 1 aromatic heterocycles. The molecule has 32 heavy (non-hydrogen) atoms. The zero-order valence-electron chi connectivity index (χ0n) is 19.6. The number of aromatic nitrogens is 2. The van der Waals surface area contributed by atoms with E-state index in [4.69, 9.17) is 24.9 Å². The summed E-state index contributed by atoms with van der Waals surface area (Å²) in [7, 11) is 3.79. The molecule has 3 rings (SSSR count). The molecule has 0 saturated carbocycles. The van der Waals surface area contributed by atoms with Gasteiger partial charge in [-0.3, -0.25) is 5.41 Å². The molecule has 2 aromatic rings. The molecule has 2 heterocycles. The molecule has 4 N–H and O–H groups in total. The number of nitrogens with zero attached hydrogens (tertiary/aromatic N) is 4. The first-order valence-electron chi connectivity index (χ1n) is 11.3. The first-order chi connectivity index (χ1) is 15.5. The molecule has 1 fully saturated rings. The summed E-state index contributed by atoms with van der Waals surface area (Å²) < 4.78 is 10.9. The minimum atomic E-state index is 0.584. The summed E-state index contributed by atoms with van der Waals surface area (Å²) in [4.78, 5) is 14.3. The molecule has 0 aliphatic carbocycles. The standard InChI is InChI=1S/C23H35N7O2/c1-5-19(24)20-21(25-10-15-32-6-2)22(26-17-8-7-9-18(16-17)31-4)28-23(27-20)30-13-11-29(3)12-14-30/h7-9,16,24-25H,5-6,10-15H2,1-4H3,(H,26,27,28)/p+1. The van der Waals surface area contributed by atoms with E-state index in [-0.39, 0.29) is 0 Å². The van der Waals surface area contributed by atoms with Crippen molar-refractivity contribution in [2.24, 2.45) is 0 Å². The van der Waals surface area contributed by atoms with Crippen molar-refractivity contribution < 1.29 is 14.9 Å². The van der Waals surface area contributed by atoms with Gasteiger partial charge in [0.15, 0.2) is 11.5 Å². The Balaban J connectivity index is 2.01. The van der Waals surface area contributed by atoms with Crippen LogP contribution in [-0.2, 0) is 4.74 Å². The maximum atomic E-state index is 6.43. The van der Waals surface area contributed by atoms with Crippen LogP contribution in [0.4, 0.5) is 23.1 Å². The van der Waals surface area contributed by atoms with Gasteiger partial charge in [0, 0.05) is 57.5 Å². The van der Waals surface area contributed by atoms with E-state index in [1.807, 2.05) is 38.1 Å². The third-order valence-corrected chi connectivity index (χ3v) is 5.45. The van der Waals surface area contributed by atoms with Gasteiger partial charge in [-0.1, -0.05) is 13.0 Å². The highest BCUT2D eigenvalue weighted by Crippen LogP contribution is 2.30. The lowest BCUT2D eigenvalue weighted by Gasteiger charge is -2.33. The fraction of sp³-hybridized carbons (Fsp3) is 0.522. The summed E-state index contributed by atoms with van der Waals surface area (Å²) in [6.07, 6.45) is 0.692. The number of nitrogens with one attached hydrogen (secondary N) is 2. The summed E-state index contributed by atoms with van der Waals surface area (Å²) in [5.74, 6) is 2.14. The van der Waals surface area contributed by atoms with Crippen molar-refractivity contribution in [1.29, 1.82) is 0 Å². The quantitative estimate of drug-likeness (QED) is 0.355. The van der Waals surface area contributed by atoms with Gasteiger partial charge in [0.05, 0.1) is 13.7 Å². The van der Waals surface area contributed by atoms with Crippen LogP contribution in [0.3, 0.4) is 0 Å². The molecule has 0 unspecified atom stereocenters. The van der Waals surface area contributed by atoms with Crippen LogP contribution in [0.1, 0.15) is 26.0 Å². The van der Waals surface area contributed by atoms with Crippen molar-refractivity contribution >= 4 is 28.9 Å². The van der Waals surface area contributed by atoms with E-state index in [0.717, 1.165) is 54.7 Å². The topological polar surface area (TPSA) is 100 Å². The van der Waals surface area contributed by atoms with E-state index in [1.54, 1.807) is 7.11 Å². The first kappa shape index (κ1) is 23.7. The Bertz CT molecular complexity index is 898. The van der Waals surface area contributed by atoms with E-state index in [9.17, 15) is 0 Å². The largest absolute Gasteiger partial charge is 0.497 e. The second-order valence-corrected chi connectivity index (χ2v) is 7.75. The number of hydrogen-bond acceptors (Lipinski definition) is 8. The summed E-state index contributed by atoms with van der Waals surface area (Å²) >= 11 is 0. The number of ether oxygens (including phenoxy) is 2. The fourth-order valence-electron chi connectivity index (χ4n) is 3.48. The molecular weight excluding hydrogens is 406 g/mol. The number of anilines is 4. The van der Waals surface area contributed by atoms with Gasteiger partial charge in [0.25, 0.3) is 0 Å². The molecule has 174 valence electrons. The second kappa shape index (κ2) is 11.6. The SMILES string of the molecule is CCOCCNc1c(Nc2cccc(OC)c2)nc(N2CCN(C)CC2)nc1C(=[NH2+])CC. The molecule has 0 spiro atoms. The predicted molar refractivity (Wildman–Crippen MR) is 129 cm³/mol. The number of nitrogens with two attached hydrogens (primary N) is 1. The van der Waals surface area contributed by atoms with Gasteiger partial charge < -0.3 is 29.9 Å². The minimum Gasteiger partial charge on any atom is -0.497 e. The average molecular weight is 443 g/mol. The normalized spacial score (nSPS) is 14.3. The van der Waals surface area contributed by atoms with Crippen molar-refractivity contribution in [2.45, 2.75) is 20.3 Å². The van der Waals surface area contributed by atoms with Gasteiger partial charge in [-0.25, -0.2) is 4.98 Å². The van der Waals surface area contributed by atoms with E-state index < -0.39 is 0 Å². The molecule has 0 bridgehead atoms. The monoisotopic (exact) mass is 442 g/mol. The Labute approximate surface area is 190 Å². The van der Waals surface area contributed by atoms with Crippen molar-refractivity contribution in [3.8, 4) is 5.75 Å². The van der Waals surface area contributed by atoms with Crippen LogP contribution < -0.4 is 25.7 Å². The number of likely N-dealkylation sites (N-methyl/N-ethyl adjacent to an activating group) is 1. The van der Waals surface area contributed by atoms with Gasteiger partial charge >= 0.3 is 0 Å². The Morgan fingerprint density at radius 2 is 1.94 bits per heavy atom. The minimum absolute atomic E-state index is 0.584. The van der Waals surface area contributed by atoms with Gasteiger partial charge in [-0.05, 0) is 26.1 Å². The highest BCUT2D eigenvalue weighted by Gasteiger charge is 2.24. The lowest BCUT2D eigenvalue weighted by molar-refractivity contribution is -0.115. The lowest BCUT2D eigenvalue weighted by Crippen LogP contribution is -2.46. The zero-order valence-corrected chi connectivity index (χ0v) is 19.6. The summed E-state index contributed by atoms with van der Waals surface area (Å²) in [6, 6.07) is 7.78. The van der Waals surface area contributed by atoms with Crippen molar-refractivity contribution in [3.63, 3.8) is 0 Å². The van der Waals surface area contributed by atoms with Crippen LogP contribution in [0.2, 0.25) is 0 Å². The highest BCUT2D eigenvalue weighted by molar-refractivity contribution is 6.02. The highest BCUT2D eigenvalue weighted by atomic mass is 16.5. The first-order valence-corrected chi connectivity index (χ1v) is 11.3. The summed E-state index contributed by atoms with van der Waals surface area (Å²) in [5.41, 5.74) is 3.11. The predicted octanol–water partition coefficient (Wildman–Crippen LogP) is 1.39. The van der Waals surface area contributed by atoms with Crippen LogP contribution in [0.15, 0.2) is 24.3 Å². The average Bonchev–Trinajstić information content (AvgIpc) is 2.82. The van der Waals surface area contributed by atoms with E-state index >= 15 is 0 Å². The molecule has 9 heteroatoms. The Kier molecular flexibility index (Phi) is 8.64. The van der Waals surface area contributed by atoms with Crippen LogP contribution in [-0.4, -0.2) is 80.7 Å². The van der Waals surface area contributed by atoms with Crippen molar-refractivity contribution in [2.75, 3.05) is 75.6 Å². The number of rotatable bonds is 11. The smallest absolute Gasteiger partial charge is 0.228 e. The number of benzene rings is 1. The molecule has 1 aliphatic heterocycles. The van der Waals surface area contributed by atoms with Crippen LogP contribution in [0.5, 0.6) is 5.75 Å². The Hall–Kier alpha value is -2.91. The summed E-state index contributed by atoms with van der Waals surface area (Å²) in [5, 5.41) is 13.3. The van der Waals surface area contributed by atoms with Gasteiger partial charge in [0.2, 0.25) is 11.7 Å². The van der Waals surface area contributed by atoms with Crippen molar-refractivity contribution in [1.82, 2.24) is 14.9 Å². The maximum absolute atomic E-state index is 6.43. The van der Waals surface area contributed by atoms with E-state index in [0.29, 0.717) is 37.9 Å². The molecule has 1 aliphatic rings. The lowest BCUT2D eigenvalue weighted by atomic mass is 10.1. The Morgan fingerprint density at radius 1 is 1.16 bits per heavy atom. The summed E-state index contributed by atoms with van der Waals surface area (Å²) in [6.45, 7) is 9.59. The van der Waals surface area contributed by atoms with Gasteiger partial charge in [0.1, 0.15) is 11.4 Å². The van der Waals surface area contributed by atoms with Gasteiger partial charge in [-0.15, -0.1) is 0 Å². The molecule has 0 atom stereocenters. The fourth-order valence-corrected chi connectivity index (χ4v) is 3.48. The molecular formula is C23H36N7O2+. The van der Waals surface area contributed by atoms with E-state index in [1.165, 1.54) is 0 Å². The molecule has 1 aromatic carbocycles. The van der Waals surface area contributed by atoms with Crippen LogP contribution in [0.25, 0.3) is 0 Å². The second-order valence-electron chi connectivity index (χ2n) is 7.75. The van der Waals surface area contributed by atoms with Crippen LogP contribution in [0, 0.1) is 0 Å². The molecule has 9 nitrogen and oxygen atoms in total. The maximum Gasteiger partial charge on any atom is 0.228 e. The molecule has 0 amide bonds. The van der Waals surface area contributed by atoms with Gasteiger partial charge in [-0.2, -0.15) is 4.98 Å². The van der Waals surface area contributed by atoms with Crippen molar-refractivity contribution in [3.05, 3.63) is 30.0 Å².